The van der Waals surface area contributed by atoms with Crippen LogP contribution in [0.25, 0.3) is 0 Å². The Labute approximate surface area is 141 Å². The molecule has 23 heavy (non-hydrogen) atoms. The first kappa shape index (κ1) is 17.6. The van der Waals surface area contributed by atoms with Crippen molar-refractivity contribution in [1.82, 2.24) is 4.90 Å². The Morgan fingerprint density at radius 2 is 2.17 bits per heavy atom. The molecule has 1 fully saturated rings. The Kier molecular flexibility index (Phi) is 5.52. The molecule has 0 spiro atoms. The van der Waals surface area contributed by atoms with Gasteiger partial charge < -0.3 is 9.64 Å². The highest BCUT2D eigenvalue weighted by atomic mass is 35.5. The van der Waals surface area contributed by atoms with Gasteiger partial charge in [-0.05, 0) is 44.4 Å². The Morgan fingerprint density at radius 1 is 1.43 bits per heavy atom. The van der Waals surface area contributed by atoms with E-state index in [-0.39, 0.29) is 11.8 Å². The van der Waals surface area contributed by atoms with E-state index in [1.54, 1.807) is 11.0 Å². The first-order valence-electron chi connectivity index (χ1n) is 7.69. The first-order valence-corrected chi connectivity index (χ1v) is 8.23. The normalized spacial score (nSPS) is 18.2. The molecule has 1 atom stereocenters. The fraction of sp³-hybridized carbons (Fsp3) is 0.529. The summed E-state index contributed by atoms with van der Waals surface area (Å²) in [5.41, 5.74) is 1.07. The number of anilines is 1. The van der Waals surface area contributed by atoms with Gasteiger partial charge in [0.15, 0.2) is 0 Å². The maximum absolute atomic E-state index is 11.9. The van der Waals surface area contributed by atoms with Crippen molar-refractivity contribution in [2.75, 3.05) is 17.7 Å². The molecule has 0 aliphatic carbocycles. The summed E-state index contributed by atoms with van der Waals surface area (Å²) in [6.45, 7) is 6.65. The number of likely N-dealkylation sites (tertiary alicyclic amines) is 1. The Balaban J connectivity index is 1.97. The van der Waals surface area contributed by atoms with E-state index in [4.69, 9.17) is 16.3 Å². The van der Waals surface area contributed by atoms with Gasteiger partial charge in [0.2, 0.25) is 5.91 Å². The molecule has 0 aromatic heterocycles. The van der Waals surface area contributed by atoms with E-state index in [2.05, 4.69) is 5.32 Å². The minimum Gasteiger partial charge on any atom is -0.444 e. The van der Waals surface area contributed by atoms with E-state index in [0.29, 0.717) is 31.1 Å². The highest BCUT2D eigenvalue weighted by Gasteiger charge is 2.28. The van der Waals surface area contributed by atoms with Gasteiger partial charge in [-0.1, -0.05) is 12.1 Å². The van der Waals surface area contributed by atoms with Gasteiger partial charge in [-0.25, -0.2) is 4.79 Å². The first-order chi connectivity index (χ1) is 10.8. The van der Waals surface area contributed by atoms with Crippen LogP contribution >= 0.6 is 11.6 Å². The van der Waals surface area contributed by atoms with E-state index >= 15 is 0 Å². The molecule has 2 amide bonds. The summed E-state index contributed by atoms with van der Waals surface area (Å²) in [5.74, 6) is 0.857. The summed E-state index contributed by atoms with van der Waals surface area (Å²) in [5, 5.41) is 2.71. The molecular formula is C17H23ClN2O3. The van der Waals surface area contributed by atoms with Gasteiger partial charge in [-0.2, -0.15) is 0 Å². The number of hydrogen-bond donors (Lipinski definition) is 1. The molecule has 1 heterocycles. The highest BCUT2D eigenvalue weighted by Crippen LogP contribution is 2.22. The van der Waals surface area contributed by atoms with Crippen LogP contribution in [0.3, 0.4) is 0 Å². The summed E-state index contributed by atoms with van der Waals surface area (Å²) < 4.78 is 5.23. The van der Waals surface area contributed by atoms with Crippen LogP contribution in [0.4, 0.5) is 10.5 Å². The van der Waals surface area contributed by atoms with Gasteiger partial charge in [0.25, 0.3) is 0 Å². The van der Waals surface area contributed by atoms with Crippen LogP contribution in [-0.4, -0.2) is 34.9 Å². The summed E-state index contributed by atoms with van der Waals surface area (Å²) in [6.07, 6.45) is 0.0217. The van der Waals surface area contributed by atoms with Crippen LogP contribution in [0.1, 0.15) is 32.8 Å². The largest absolute Gasteiger partial charge is 0.444 e. The molecular weight excluding hydrogens is 316 g/mol. The molecule has 5 nitrogen and oxygen atoms in total. The number of rotatable bonds is 4. The van der Waals surface area contributed by atoms with Crippen molar-refractivity contribution >= 4 is 29.3 Å². The molecule has 1 N–H and O–H groups in total. The Morgan fingerprint density at radius 3 is 2.78 bits per heavy atom. The van der Waals surface area contributed by atoms with Crippen LogP contribution in [-0.2, 0) is 16.1 Å². The van der Waals surface area contributed by atoms with Gasteiger partial charge in [-0.15, -0.1) is 11.6 Å². The number of carbonyl (C=O) groups excluding carboxylic acids is 2. The Hall–Kier alpha value is -1.75. The predicted molar refractivity (Wildman–Crippen MR) is 90.5 cm³/mol. The monoisotopic (exact) mass is 338 g/mol. The number of ether oxygens (including phenoxy) is 1. The Bertz CT molecular complexity index is 583. The van der Waals surface area contributed by atoms with Crippen molar-refractivity contribution < 1.29 is 14.3 Å². The maximum atomic E-state index is 11.9. The van der Waals surface area contributed by atoms with Gasteiger partial charge in [0.05, 0.1) is 0 Å². The van der Waals surface area contributed by atoms with Crippen LogP contribution in [0.2, 0.25) is 0 Å². The highest BCUT2D eigenvalue weighted by molar-refractivity contribution is 6.18. The number of nitrogens with one attached hydrogen (secondary N) is 1. The van der Waals surface area contributed by atoms with Crippen LogP contribution in [0.15, 0.2) is 24.3 Å². The molecule has 0 bridgehead atoms. The van der Waals surface area contributed by atoms with E-state index in [9.17, 15) is 9.59 Å². The zero-order chi connectivity index (χ0) is 17.0. The lowest BCUT2D eigenvalue weighted by molar-refractivity contribution is -0.128. The fourth-order valence-electron chi connectivity index (χ4n) is 2.50. The molecule has 2 rings (SSSR count). The lowest BCUT2D eigenvalue weighted by atomic mass is 10.1. The number of alkyl halides is 1. The maximum Gasteiger partial charge on any atom is 0.412 e. The molecule has 6 heteroatoms. The zero-order valence-electron chi connectivity index (χ0n) is 13.8. The lowest BCUT2D eigenvalue weighted by Crippen LogP contribution is -2.27. The molecule has 1 aliphatic heterocycles. The number of halogens is 1. The van der Waals surface area contributed by atoms with Crippen LogP contribution in [0, 0.1) is 5.92 Å². The molecule has 0 saturated carbocycles. The molecule has 1 unspecified atom stereocenters. The standard InChI is InChI=1S/C17H23ClN2O3/c1-17(2,3)23-16(22)19-14-6-4-5-12(7-14)10-20-11-13(9-18)8-15(20)21/h4-7,13H,8-11H2,1-3H3,(H,19,22). The average molecular weight is 339 g/mol. The third-order valence-electron chi connectivity index (χ3n) is 3.46. The number of amides is 2. The summed E-state index contributed by atoms with van der Waals surface area (Å²) >= 11 is 5.84. The van der Waals surface area contributed by atoms with Gasteiger partial charge in [0, 0.05) is 31.1 Å². The second-order valence-electron chi connectivity index (χ2n) is 6.83. The number of benzene rings is 1. The van der Waals surface area contributed by atoms with E-state index in [1.807, 2.05) is 39.0 Å². The van der Waals surface area contributed by atoms with Crippen molar-refractivity contribution in [3.05, 3.63) is 29.8 Å². The minimum absolute atomic E-state index is 0.126. The summed E-state index contributed by atoms with van der Waals surface area (Å²) in [6, 6.07) is 7.43. The minimum atomic E-state index is -0.541. The van der Waals surface area contributed by atoms with Crippen molar-refractivity contribution in [2.45, 2.75) is 39.3 Å². The molecule has 1 aliphatic rings. The SMILES string of the molecule is CC(C)(C)OC(=O)Nc1cccc(CN2CC(CCl)CC2=O)c1. The fourth-order valence-corrected chi connectivity index (χ4v) is 2.71. The van der Waals surface area contributed by atoms with Crippen molar-refractivity contribution in [3.63, 3.8) is 0 Å². The van der Waals surface area contributed by atoms with Crippen LogP contribution < -0.4 is 5.32 Å². The number of hydrogen-bond acceptors (Lipinski definition) is 3. The molecule has 1 saturated heterocycles. The quantitative estimate of drug-likeness (QED) is 0.853. The molecule has 0 radical (unpaired) electrons. The third kappa shape index (κ3) is 5.43. The predicted octanol–water partition coefficient (Wildman–Crippen LogP) is 3.62. The third-order valence-corrected chi connectivity index (χ3v) is 3.89. The molecule has 1 aromatic rings. The van der Waals surface area contributed by atoms with E-state index in [0.717, 1.165) is 5.56 Å². The van der Waals surface area contributed by atoms with Crippen LogP contribution in [0.5, 0.6) is 0 Å². The number of nitrogens with zero attached hydrogens (tertiary/aromatic N) is 1. The van der Waals surface area contributed by atoms with Gasteiger partial charge in [-0.3, -0.25) is 10.1 Å². The van der Waals surface area contributed by atoms with Crippen molar-refractivity contribution in [3.8, 4) is 0 Å². The lowest BCUT2D eigenvalue weighted by Gasteiger charge is -2.20. The van der Waals surface area contributed by atoms with Crippen molar-refractivity contribution in [2.24, 2.45) is 5.92 Å². The number of carbonyl (C=O) groups is 2. The van der Waals surface area contributed by atoms with E-state index in [1.165, 1.54) is 0 Å². The topological polar surface area (TPSA) is 58.6 Å². The second-order valence-corrected chi connectivity index (χ2v) is 7.13. The summed E-state index contributed by atoms with van der Waals surface area (Å²) in [4.78, 5) is 25.6. The molecule has 126 valence electrons. The van der Waals surface area contributed by atoms with Gasteiger partial charge >= 0.3 is 6.09 Å². The van der Waals surface area contributed by atoms with E-state index < -0.39 is 11.7 Å². The second kappa shape index (κ2) is 7.21. The van der Waals surface area contributed by atoms with Crippen molar-refractivity contribution in [1.29, 1.82) is 0 Å². The summed E-state index contributed by atoms with van der Waals surface area (Å²) in [7, 11) is 0. The average Bonchev–Trinajstić information content (AvgIpc) is 2.77. The van der Waals surface area contributed by atoms with Gasteiger partial charge in [0.1, 0.15) is 5.60 Å². The smallest absolute Gasteiger partial charge is 0.412 e. The molecule has 1 aromatic carbocycles. The zero-order valence-corrected chi connectivity index (χ0v) is 14.5.